The maximum atomic E-state index is 11.6. The Morgan fingerprint density at radius 2 is 1.75 bits per heavy atom. The van der Waals surface area contributed by atoms with Gasteiger partial charge in [0.25, 0.3) is 0 Å². The third kappa shape index (κ3) is 3.87. The monoisotopic (exact) mass is 316 g/mol. The Hall–Kier alpha value is -2.94. The van der Waals surface area contributed by atoms with E-state index < -0.39 is 0 Å². The molecule has 3 aromatic rings. The predicted octanol–water partition coefficient (Wildman–Crippen LogP) is 5.33. The van der Waals surface area contributed by atoms with Gasteiger partial charge in [0.05, 0.1) is 5.69 Å². The Morgan fingerprint density at radius 3 is 2.54 bits per heavy atom. The topological polar surface area (TPSA) is 41.5 Å². The molecule has 0 saturated heterocycles. The molecule has 3 nitrogen and oxygen atoms in total. The molecule has 0 bridgehead atoms. The molecule has 3 heteroatoms. The molecule has 0 heterocycles. The SMILES string of the molecule is CCCC(=O)Nc1ccc(N=Cc2cccc3ccccc23)cc1. The molecule has 24 heavy (non-hydrogen) atoms. The highest BCUT2D eigenvalue weighted by molar-refractivity contribution is 6.00. The molecule has 0 spiro atoms. The maximum Gasteiger partial charge on any atom is 0.224 e. The van der Waals surface area contributed by atoms with Crippen LogP contribution in [0.4, 0.5) is 11.4 Å². The highest BCUT2D eigenvalue weighted by atomic mass is 16.1. The molecule has 0 aliphatic rings. The summed E-state index contributed by atoms with van der Waals surface area (Å²) < 4.78 is 0. The molecule has 0 aromatic heterocycles. The second-order valence-electron chi connectivity index (χ2n) is 5.67. The molecule has 1 amide bonds. The number of hydrogen-bond donors (Lipinski definition) is 1. The molecule has 0 unspecified atom stereocenters. The molecule has 3 rings (SSSR count). The number of benzene rings is 3. The van der Waals surface area contributed by atoms with E-state index in [2.05, 4.69) is 34.6 Å². The Balaban J connectivity index is 1.75. The van der Waals surface area contributed by atoms with Crippen molar-refractivity contribution >= 4 is 34.3 Å². The third-order valence-corrected chi connectivity index (χ3v) is 3.80. The van der Waals surface area contributed by atoms with Crippen LogP contribution in [0.15, 0.2) is 71.7 Å². The maximum absolute atomic E-state index is 11.6. The Bertz CT molecular complexity index is 861. The fourth-order valence-corrected chi connectivity index (χ4v) is 2.59. The van der Waals surface area contributed by atoms with E-state index in [1.54, 1.807) is 0 Å². The van der Waals surface area contributed by atoms with Crippen LogP contribution in [0.1, 0.15) is 25.3 Å². The Morgan fingerprint density at radius 1 is 1.00 bits per heavy atom. The van der Waals surface area contributed by atoms with Crippen LogP contribution in [0, 0.1) is 0 Å². The summed E-state index contributed by atoms with van der Waals surface area (Å²) in [4.78, 5) is 16.1. The first-order valence-corrected chi connectivity index (χ1v) is 8.18. The lowest BCUT2D eigenvalue weighted by Crippen LogP contribution is -2.10. The predicted molar refractivity (Wildman–Crippen MR) is 101 cm³/mol. The van der Waals surface area contributed by atoms with Gasteiger partial charge in [-0.15, -0.1) is 0 Å². The number of nitrogens with zero attached hydrogens (tertiary/aromatic N) is 1. The first-order chi connectivity index (χ1) is 11.8. The van der Waals surface area contributed by atoms with Crippen LogP contribution < -0.4 is 5.32 Å². The molecule has 0 saturated carbocycles. The van der Waals surface area contributed by atoms with Crippen LogP contribution in [-0.4, -0.2) is 12.1 Å². The second kappa shape index (κ2) is 7.55. The number of carbonyl (C=O) groups excluding carboxylic acids is 1. The number of anilines is 1. The number of amides is 1. The summed E-state index contributed by atoms with van der Waals surface area (Å²) in [6.07, 6.45) is 3.27. The van der Waals surface area contributed by atoms with Crippen LogP contribution in [-0.2, 0) is 4.79 Å². The molecule has 0 atom stereocenters. The number of hydrogen-bond acceptors (Lipinski definition) is 2. The van der Waals surface area contributed by atoms with Crippen molar-refractivity contribution in [1.29, 1.82) is 0 Å². The van der Waals surface area contributed by atoms with E-state index >= 15 is 0 Å². The normalized spacial score (nSPS) is 11.0. The van der Waals surface area contributed by atoms with E-state index in [0.717, 1.165) is 23.4 Å². The van der Waals surface area contributed by atoms with Crippen molar-refractivity contribution in [2.24, 2.45) is 4.99 Å². The van der Waals surface area contributed by atoms with Crippen LogP contribution >= 0.6 is 0 Å². The zero-order valence-electron chi connectivity index (χ0n) is 13.7. The Kier molecular flexibility index (Phi) is 5.02. The lowest BCUT2D eigenvalue weighted by molar-refractivity contribution is -0.116. The minimum Gasteiger partial charge on any atom is -0.326 e. The van der Waals surface area contributed by atoms with Gasteiger partial charge in [-0.1, -0.05) is 49.4 Å². The van der Waals surface area contributed by atoms with E-state index in [-0.39, 0.29) is 5.91 Å². The van der Waals surface area contributed by atoms with Crippen molar-refractivity contribution in [3.8, 4) is 0 Å². The average molecular weight is 316 g/mol. The minimum atomic E-state index is 0.0458. The summed E-state index contributed by atoms with van der Waals surface area (Å²) in [5, 5.41) is 5.27. The number of rotatable bonds is 5. The van der Waals surface area contributed by atoms with Crippen LogP contribution in [0.25, 0.3) is 10.8 Å². The quantitative estimate of drug-likeness (QED) is 0.635. The summed E-state index contributed by atoms with van der Waals surface area (Å²) in [5.74, 6) is 0.0458. The molecular weight excluding hydrogens is 296 g/mol. The van der Waals surface area contributed by atoms with Gasteiger partial charge in [0.15, 0.2) is 0 Å². The third-order valence-electron chi connectivity index (χ3n) is 3.80. The Labute approximate surface area is 142 Å². The van der Waals surface area contributed by atoms with Crippen LogP contribution in [0.5, 0.6) is 0 Å². The average Bonchev–Trinajstić information content (AvgIpc) is 2.61. The van der Waals surface area contributed by atoms with Gasteiger partial charge in [-0.3, -0.25) is 9.79 Å². The van der Waals surface area contributed by atoms with Crippen LogP contribution in [0.2, 0.25) is 0 Å². The van der Waals surface area contributed by atoms with E-state index in [0.29, 0.717) is 6.42 Å². The molecule has 0 aliphatic carbocycles. The van der Waals surface area contributed by atoms with E-state index in [9.17, 15) is 4.79 Å². The van der Waals surface area contributed by atoms with Gasteiger partial charge in [0, 0.05) is 23.9 Å². The van der Waals surface area contributed by atoms with Gasteiger partial charge in [-0.25, -0.2) is 0 Å². The summed E-state index contributed by atoms with van der Waals surface area (Å²) in [6.45, 7) is 1.99. The highest BCUT2D eigenvalue weighted by Crippen LogP contribution is 2.20. The molecule has 0 fully saturated rings. The van der Waals surface area contributed by atoms with Gasteiger partial charge in [0.2, 0.25) is 5.91 Å². The van der Waals surface area contributed by atoms with Crippen molar-refractivity contribution in [2.75, 3.05) is 5.32 Å². The van der Waals surface area contributed by atoms with Crippen LogP contribution in [0.3, 0.4) is 0 Å². The van der Waals surface area contributed by atoms with Gasteiger partial charge in [0.1, 0.15) is 0 Å². The van der Waals surface area contributed by atoms with E-state index in [1.807, 2.05) is 55.6 Å². The molecule has 0 radical (unpaired) electrons. The number of fused-ring (bicyclic) bond motifs is 1. The number of carbonyl (C=O) groups is 1. The van der Waals surface area contributed by atoms with E-state index in [1.165, 1.54) is 10.8 Å². The lowest BCUT2D eigenvalue weighted by Gasteiger charge is -2.04. The van der Waals surface area contributed by atoms with Gasteiger partial charge >= 0.3 is 0 Å². The van der Waals surface area contributed by atoms with Gasteiger partial charge < -0.3 is 5.32 Å². The highest BCUT2D eigenvalue weighted by Gasteiger charge is 2.00. The molecule has 120 valence electrons. The molecular formula is C21H20N2O. The zero-order chi connectivity index (χ0) is 16.8. The summed E-state index contributed by atoms with van der Waals surface area (Å²) in [7, 11) is 0. The van der Waals surface area contributed by atoms with Gasteiger partial charge in [-0.2, -0.15) is 0 Å². The first kappa shape index (κ1) is 15.9. The number of aliphatic imine (C=N–C) groups is 1. The fourth-order valence-electron chi connectivity index (χ4n) is 2.59. The van der Waals surface area contributed by atoms with Gasteiger partial charge in [-0.05, 0) is 41.5 Å². The zero-order valence-corrected chi connectivity index (χ0v) is 13.7. The minimum absolute atomic E-state index is 0.0458. The second-order valence-corrected chi connectivity index (χ2v) is 5.67. The molecule has 0 aliphatic heterocycles. The summed E-state index contributed by atoms with van der Waals surface area (Å²) >= 11 is 0. The summed E-state index contributed by atoms with van der Waals surface area (Å²) in [6, 6.07) is 22.0. The van der Waals surface area contributed by atoms with Crippen molar-refractivity contribution in [3.05, 3.63) is 72.3 Å². The lowest BCUT2D eigenvalue weighted by atomic mass is 10.1. The van der Waals surface area contributed by atoms with E-state index in [4.69, 9.17) is 0 Å². The molecule has 3 aromatic carbocycles. The standard InChI is InChI=1S/C21H20N2O/c1-2-6-21(24)23-19-13-11-18(12-14-19)22-15-17-9-5-8-16-7-3-4-10-20(16)17/h3-5,7-15H,2,6H2,1H3,(H,23,24). The van der Waals surface area contributed by atoms with Crippen molar-refractivity contribution in [3.63, 3.8) is 0 Å². The largest absolute Gasteiger partial charge is 0.326 e. The summed E-state index contributed by atoms with van der Waals surface area (Å²) in [5.41, 5.74) is 2.75. The fraction of sp³-hybridized carbons (Fsp3) is 0.143. The van der Waals surface area contributed by atoms with Crippen molar-refractivity contribution in [2.45, 2.75) is 19.8 Å². The first-order valence-electron chi connectivity index (χ1n) is 8.18. The van der Waals surface area contributed by atoms with Crippen molar-refractivity contribution < 1.29 is 4.79 Å². The smallest absolute Gasteiger partial charge is 0.224 e. The molecule has 1 N–H and O–H groups in total. The van der Waals surface area contributed by atoms with Crippen molar-refractivity contribution in [1.82, 2.24) is 0 Å². The number of nitrogens with one attached hydrogen (secondary N) is 1.